The third-order valence-electron chi connectivity index (χ3n) is 2.49. The molecular formula is C13H10F5NO2S. The molecule has 0 bridgehead atoms. The number of nitrogens with one attached hydrogen (secondary N) is 1. The van der Waals surface area contributed by atoms with Crippen LogP contribution in [-0.4, -0.2) is 6.09 Å². The minimum absolute atomic E-state index is 0.0600. The molecular weight excluding hydrogens is 329 g/mol. The third-order valence-corrected chi connectivity index (χ3v) is 3.68. The van der Waals surface area contributed by atoms with Crippen LogP contribution in [0.4, 0.5) is 29.9 Å². The van der Waals surface area contributed by atoms with Crippen molar-refractivity contribution in [2.75, 3.05) is 5.32 Å². The van der Waals surface area contributed by atoms with Crippen LogP contribution >= 0.6 is 10.2 Å². The van der Waals surface area contributed by atoms with E-state index in [4.69, 9.17) is 4.74 Å². The molecule has 0 unspecified atom stereocenters. The molecule has 0 aliphatic heterocycles. The van der Waals surface area contributed by atoms with Gasteiger partial charge in [-0.1, -0.05) is 49.8 Å². The Balaban J connectivity index is 2.27. The van der Waals surface area contributed by atoms with Crippen molar-refractivity contribution >= 4 is 22.0 Å². The number of hydrogen-bond donors (Lipinski definition) is 1. The van der Waals surface area contributed by atoms with Crippen molar-refractivity contribution in [2.45, 2.75) is 4.90 Å². The number of halogens is 5. The second kappa shape index (κ2) is 4.60. The fraction of sp³-hybridized carbons (Fsp3) is 0. The molecule has 120 valence electrons. The zero-order valence-electron chi connectivity index (χ0n) is 10.8. The fourth-order valence-corrected chi connectivity index (χ4v) is 2.51. The van der Waals surface area contributed by atoms with Crippen LogP contribution in [0.2, 0.25) is 0 Å². The van der Waals surface area contributed by atoms with Crippen LogP contribution in [-0.2, 0) is 0 Å². The average Bonchev–Trinajstić information content (AvgIpc) is 2.37. The van der Waals surface area contributed by atoms with Gasteiger partial charge in [0, 0.05) is 0 Å². The van der Waals surface area contributed by atoms with Gasteiger partial charge in [-0.3, -0.25) is 5.32 Å². The number of carbonyl (C=O) groups is 1. The summed E-state index contributed by atoms with van der Waals surface area (Å²) in [7, 11) is -9.92. The van der Waals surface area contributed by atoms with E-state index in [1.165, 1.54) is 24.3 Å². The normalized spacial score (nSPS) is 14.6. The minimum Gasteiger partial charge on any atom is -0.410 e. The number of amides is 1. The zero-order valence-corrected chi connectivity index (χ0v) is 11.6. The van der Waals surface area contributed by atoms with Crippen LogP contribution in [0, 0.1) is 0 Å². The Labute approximate surface area is 122 Å². The van der Waals surface area contributed by atoms with E-state index in [2.05, 4.69) is 0 Å². The number of carbonyl (C=O) groups excluding carboxylic acids is 1. The summed E-state index contributed by atoms with van der Waals surface area (Å²) < 4.78 is 69.2. The van der Waals surface area contributed by atoms with Gasteiger partial charge in [0.1, 0.15) is 10.6 Å². The Hall–Kier alpha value is -2.29. The molecule has 0 aliphatic rings. The molecule has 1 N–H and O–H groups in total. The third kappa shape index (κ3) is 4.10. The Kier molecular flexibility index (Phi) is 3.36. The molecule has 0 spiro atoms. The molecule has 0 fully saturated rings. The first-order valence-electron chi connectivity index (χ1n) is 5.83. The maximum atomic E-state index is 12.9. The van der Waals surface area contributed by atoms with Crippen molar-refractivity contribution in [1.82, 2.24) is 0 Å². The van der Waals surface area contributed by atoms with E-state index in [0.717, 1.165) is 18.2 Å². The number of anilines is 1. The van der Waals surface area contributed by atoms with Crippen LogP contribution in [0.15, 0.2) is 59.5 Å². The van der Waals surface area contributed by atoms with Crippen molar-refractivity contribution in [3.63, 3.8) is 0 Å². The van der Waals surface area contributed by atoms with E-state index >= 15 is 0 Å². The molecule has 0 radical (unpaired) electrons. The van der Waals surface area contributed by atoms with Gasteiger partial charge in [0.05, 0.1) is 5.69 Å². The molecule has 2 aromatic carbocycles. The molecule has 2 aromatic rings. The van der Waals surface area contributed by atoms with E-state index in [1.54, 1.807) is 11.4 Å². The summed E-state index contributed by atoms with van der Waals surface area (Å²) in [5.74, 6) is 0.0600. The second-order valence-corrected chi connectivity index (χ2v) is 6.67. The first kappa shape index (κ1) is 16.1. The maximum Gasteiger partial charge on any atom is 0.417 e. The summed E-state index contributed by atoms with van der Waals surface area (Å²) in [5.41, 5.74) is -1.07. The van der Waals surface area contributed by atoms with Gasteiger partial charge in [0.2, 0.25) is 0 Å². The van der Waals surface area contributed by atoms with E-state index in [1.807, 2.05) is 0 Å². The molecule has 0 atom stereocenters. The molecule has 0 heterocycles. The monoisotopic (exact) mass is 339 g/mol. The predicted octanol–water partition coefficient (Wildman–Crippen LogP) is 5.95. The van der Waals surface area contributed by atoms with Gasteiger partial charge in [-0.05, 0) is 24.3 Å². The van der Waals surface area contributed by atoms with Crippen molar-refractivity contribution in [2.24, 2.45) is 0 Å². The van der Waals surface area contributed by atoms with Gasteiger partial charge in [0.15, 0.2) is 0 Å². The van der Waals surface area contributed by atoms with Crippen LogP contribution in [0.1, 0.15) is 0 Å². The van der Waals surface area contributed by atoms with Gasteiger partial charge in [-0.15, -0.1) is 0 Å². The summed E-state index contributed by atoms with van der Waals surface area (Å²) in [4.78, 5) is 9.36. The summed E-state index contributed by atoms with van der Waals surface area (Å²) in [6.07, 6.45) is -1.31. The topological polar surface area (TPSA) is 38.3 Å². The molecule has 0 aliphatic carbocycles. The predicted molar refractivity (Wildman–Crippen MR) is 73.9 cm³/mol. The van der Waals surface area contributed by atoms with Crippen molar-refractivity contribution < 1.29 is 29.0 Å². The highest BCUT2D eigenvalue weighted by Crippen LogP contribution is 3.02. The highest BCUT2D eigenvalue weighted by atomic mass is 32.5. The molecule has 0 aromatic heterocycles. The molecule has 1 amide bonds. The minimum atomic E-state index is -9.92. The van der Waals surface area contributed by atoms with Crippen molar-refractivity contribution in [3.8, 4) is 5.75 Å². The molecule has 0 saturated carbocycles. The van der Waals surface area contributed by atoms with Gasteiger partial charge >= 0.3 is 16.3 Å². The Bertz CT molecular complexity index is 703. The van der Waals surface area contributed by atoms with Gasteiger partial charge < -0.3 is 4.74 Å². The number of ether oxygens (including phenoxy) is 1. The van der Waals surface area contributed by atoms with Crippen LogP contribution in [0.25, 0.3) is 0 Å². The number of rotatable bonds is 3. The molecule has 9 heteroatoms. The van der Waals surface area contributed by atoms with Crippen molar-refractivity contribution in [1.29, 1.82) is 0 Å². The standard InChI is InChI=1S/C13H10F5NO2S/c14-22(15,16,17,18)12-9-5-4-8-11(12)19-13(20)21-10-6-2-1-3-7-10/h1-9H,(H,19,20). The first-order valence-corrected chi connectivity index (χ1v) is 7.78. The van der Waals surface area contributed by atoms with Gasteiger partial charge in [0.25, 0.3) is 0 Å². The van der Waals surface area contributed by atoms with E-state index < -0.39 is 26.9 Å². The lowest BCUT2D eigenvalue weighted by molar-refractivity contribution is 0.215. The summed E-state index contributed by atoms with van der Waals surface area (Å²) in [6, 6.07) is 10.3. The largest absolute Gasteiger partial charge is 0.417 e. The van der Waals surface area contributed by atoms with E-state index in [-0.39, 0.29) is 11.8 Å². The average molecular weight is 339 g/mol. The number of hydrogen-bond acceptors (Lipinski definition) is 2. The number of benzene rings is 2. The summed E-state index contributed by atoms with van der Waals surface area (Å²) >= 11 is 0. The molecule has 3 nitrogen and oxygen atoms in total. The summed E-state index contributed by atoms with van der Waals surface area (Å²) in [5, 5.41) is 1.68. The van der Waals surface area contributed by atoms with Crippen LogP contribution < -0.4 is 10.1 Å². The Morgan fingerprint density at radius 3 is 2.00 bits per heavy atom. The molecule has 0 saturated heterocycles. The maximum absolute atomic E-state index is 12.9. The van der Waals surface area contributed by atoms with E-state index in [0.29, 0.717) is 0 Å². The van der Waals surface area contributed by atoms with Crippen molar-refractivity contribution in [3.05, 3.63) is 54.6 Å². The lowest BCUT2D eigenvalue weighted by Crippen LogP contribution is -2.19. The van der Waals surface area contributed by atoms with Gasteiger partial charge in [-0.25, -0.2) is 4.79 Å². The highest BCUT2D eigenvalue weighted by molar-refractivity contribution is 8.45. The fourth-order valence-electron chi connectivity index (χ4n) is 1.64. The Morgan fingerprint density at radius 2 is 1.41 bits per heavy atom. The second-order valence-electron chi connectivity index (χ2n) is 4.29. The van der Waals surface area contributed by atoms with Crippen LogP contribution in [0.3, 0.4) is 0 Å². The molecule has 2 rings (SSSR count). The molecule has 22 heavy (non-hydrogen) atoms. The SMILES string of the molecule is O=C(Nc1ccccc1S(F)(F)(F)(F)F)Oc1ccccc1. The van der Waals surface area contributed by atoms with Crippen LogP contribution in [0.5, 0.6) is 5.75 Å². The first-order chi connectivity index (χ1) is 9.95. The number of para-hydroxylation sites is 2. The smallest absolute Gasteiger partial charge is 0.410 e. The van der Waals surface area contributed by atoms with E-state index in [9.17, 15) is 24.2 Å². The van der Waals surface area contributed by atoms with Gasteiger partial charge in [-0.2, -0.15) is 0 Å². The highest BCUT2D eigenvalue weighted by Gasteiger charge is 2.66. The Morgan fingerprint density at radius 1 is 0.864 bits per heavy atom. The summed E-state index contributed by atoms with van der Waals surface area (Å²) in [6.45, 7) is 0. The zero-order chi connectivity index (χ0) is 16.5. The lowest BCUT2D eigenvalue weighted by Gasteiger charge is -2.41. The quantitative estimate of drug-likeness (QED) is 0.701. The lowest BCUT2D eigenvalue weighted by atomic mass is 10.3.